The molecule has 0 N–H and O–H groups in total. The number of benzene rings is 1. The molecule has 0 amide bonds. The predicted octanol–water partition coefficient (Wildman–Crippen LogP) is 2.87. The Hall–Kier alpha value is -2.10. The Bertz CT molecular complexity index is 632. The van der Waals surface area contributed by atoms with Crippen molar-refractivity contribution in [2.75, 3.05) is 0 Å². The highest BCUT2D eigenvalue weighted by Crippen LogP contribution is 2.25. The SMILES string of the molecule is CC(=O)OCc1nn(Cc2ccccc2)c2c1CCCC2. The Kier molecular flexibility index (Phi) is 4.04. The second kappa shape index (κ2) is 6.12. The normalized spacial score (nSPS) is 13.8. The molecule has 1 aliphatic carbocycles. The molecular formula is C17H20N2O2. The number of nitrogens with zero attached hydrogens (tertiary/aromatic N) is 2. The molecule has 0 saturated carbocycles. The molecule has 0 saturated heterocycles. The van der Waals surface area contributed by atoms with Crippen LogP contribution in [0.25, 0.3) is 0 Å². The second-order valence-electron chi connectivity index (χ2n) is 5.50. The van der Waals surface area contributed by atoms with Crippen LogP contribution in [0.5, 0.6) is 0 Å². The van der Waals surface area contributed by atoms with E-state index in [2.05, 4.69) is 16.8 Å². The van der Waals surface area contributed by atoms with E-state index in [1.165, 1.54) is 36.6 Å². The van der Waals surface area contributed by atoms with E-state index >= 15 is 0 Å². The highest BCUT2D eigenvalue weighted by molar-refractivity contribution is 5.65. The highest BCUT2D eigenvalue weighted by Gasteiger charge is 2.21. The molecule has 2 aromatic rings. The maximum atomic E-state index is 11.0. The van der Waals surface area contributed by atoms with E-state index in [4.69, 9.17) is 9.84 Å². The van der Waals surface area contributed by atoms with Crippen LogP contribution >= 0.6 is 0 Å². The van der Waals surface area contributed by atoms with Gasteiger partial charge in [0.1, 0.15) is 12.3 Å². The third-order valence-electron chi connectivity index (χ3n) is 3.93. The van der Waals surface area contributed by atoms with E-state index in [-0.39, 0.29) is 5.97 Å². The summed E-state index contributed by atoms with van der Waals surface area (Å²) in [5.41, 5.74) is 4.77. The summed E-state index contributed by atoms with van der Waals surface area (Å²) in [6.45, 7) is 2.51. The van der Waals surface area contributed by atoms with Crippen LogP contribution in [0.15, 0.2) is 30.3 Å². The Balaban J connectivity index is 1.87. The number of hydrogen-bond acceptors (Lipinski definition) is 3. The molecule has 0 aliphatic heterocycles. The quantitative estimate of drug-likeness (QED) is 0.811. The van der Waals surface area contributed by atoms with E-state index < -0.39 is 0 Å². The van der Waals surface area contributed by atoms with Gasteiger partial charge in [-0.05, 0) is 31.2 Å². The Morgan fingerprint density at radius 3 is 2.76 bits per heavy atom. The van der Waals surface area contributed by atoms with Gasteiger partial charge in [0.25, 0.3) is 0 Å². The number of aromatic nitrogens is 2. The molecule has 1 heterocycles. The van der Waals surface area contributed by atoms with Gasteiger partial charge in [0.15, 0.2) is 0 Å². The third kappa shape index (κ3) is 3.15. The summed E-state index contributed by atoms with van der Waals surface area (Å²) in [6.07, 6.45) is 4.51. The molecule has 0 radical (unpaired) electrons. The molecule has 0 bridgehead atoms. The van der Waals surface area contributed by atoms with Crippen LogP contribution in [-0.4, -0.2) is 15.7 Å². The predicted molar refractivity (Wildman–Crippen MR) is 79.9 cm³/mol. The average Bonchev–Trinajstić information content (AvgIpc) is 2.85. The van der Waals surface area contributed by atoms with Crippen LogP contribution in [0.4, 0.5) is 0 Å². The van der Waals surface area contributed by atoms with Crippen molar-refractivity contribution < 1.29 is 9.53 Å². The Morgan fingerprint density at radius 1 is 1.24 bits per heavy atom. The van der Waals surface area contributed by atoms with E-state index in [0.717, 1.165) is 25.1 Å². The summed E-state index contributed by atoms with van der Waals surface area (Å²) >= 11 is 0. The van der Waals surface area contributed by atoms with E-state index in [0.29, 0.717) is 6.61 Å². The van der Waals surface area contributed by atoms with Gasteiger partial charge in [0, 0.05) is 18.2 Å². The summed E-state index contributed by atoms with van der Waals surface area (Å²) in [5.74, 6) is -0.253. The van der Waals surface area contributed by atoms with Gasteiger partial charge in [-0.1, -0.05) is 30.3 Å². The number of esters is 1. The van der Waals surface area contributed by atoms with Gasteiger partial charge in [0.05, 0.1) is 6.54 Å². The minimum Gasteiger partial charge on any atom is -0.459 e. The van der Waals surface area contributed by atoms with Crippen LogP contribution < -0.4 is 0 Å². The fraction of sp³-hybridized carbons (Fsp3) is 0.412. The maximum Gasteiger partial charge on any atom is 0.303 e. The first kappa shape index (κ1) is 13.9. The van der Waals surface area contributed by atoms with Crippen LogP contribution in [0.3, 0.4) is 0 Å². The zero-order chi connectivity index (χ0) is 14.7. The smallest absolute Gasteiger partial charge is 0.303 e. The first-order valence-electron chi connectivity index (χ1n) is 7.49. The molecule has 0 unspecified atom stereocenters. The number of ether oxygens (including phenoxy) is 1. The lowest BCUT2D eigenvalue weighted by Gasteiger charge is -2.14. The zero-order valence-corrected chi connectivity index (χ0v) is 12.3. The van der Waals surface area contributed by atoms with Gasteiger partial charge < -0.3 is 4.74 Å². The zero-order valence-electron chi connectivity index (χ0n) is 12.3. The maximum absolute atomic E-state index is 11.0. The summed E-state index contributed by atoms with van der Waals surface area (Å²) in [6, 6.07) is 10.3. The first-order valence-corrected chi connectivity index (χ1v) is 7.49. The summed E-state index contributed by atoms with van der Waals surface area (Å²) in [7, 11) is 0. The molecule has 1 aromatic carbocycles. The second-order valence-corrected chi connectivity index (χ2v) is 5.50. The lowest BCUT2D eigenvalue weighted by Crippen LogP contribution is -2.10. The van der Waals surface area contributed by atoms with Crippen molar-refractivity contribution in [3.05, 3.63) is 52.8 Å². The summed E-state index contributed by atoms with van der Waals surface area (Å²) in [4.78, 5) is 11.0. The molecule has 1 aliphatic rings. The number of fused-ring (bicyclic) bond motifs is 1. The minimum absolute atomic E-state index is 0.253. The van der Waals surface area contributed by atoms with Crippen molar-refractivity contribution >= 4 is 5.97 Å². The number of carbonyl (C=O) groups is 1. The molecular weight excluding hydrogens is 264 g/mol. The topological polar surface area (TPSA) is 44.1 Å². The van der Waals surface area contributed by atoms with Crippen LogP contribution in [-0.2, 0) is 35.5 Å². The molecule has 21 heavy (non-hydrogen) atoms. The van der Waals surface area contributed by atoms with E-state index in [1.54, 1.807) is 0 Å². The van der Waals surface area contributed by atoms with Gasteiger partial charge >= 0.3 is 5.97 Å². The van der Waals surface area contributed by atoms with Gasteiger partial charge in [-0.2, -0.15) is 5.10 Å². The standard InChI is InChI=1S/C17H20N2O2/c1-13(20)21-12-16-15-9-5-6-10-17(15)19(18-16)11-14-7-3-2-4-8-14/h2-4,7-8H,5-6,9-12H2,1H3. The van der Waals surface area contributed by atoms with Crippen LogP contribution in [0.2, 0.25) is 0 Å². The van der Waals surface area contributed by atoms with Crippen LogP contribution in [0, 0.1) is 0 Å². The molecule has 0 atom stereocenters. The molecule has 1 aromatic heterocycles. The minimum atomic E-state index is -0.253. The molecule has 0 fully saturated rings. The number of rotatable bonds is 4. The number of hydrogen-bond donors (Lipinski definition) is 0. The third-order valence-corrected chi connectivity index (χ3v) is 3.93. The first-order chi connectivity index (χ1) is 10.2. The van der Waals surface area contributed by atoms with Crippen molar-refractivity contribution in [2.24, 2.45) is 0 Å². The van der Waals surface area contributed by atoms with Crippen molar-refractivity contribution in [1.29, 1.82) is 0 Å². The molecule has 0 spiro atoms. The van der Waals surface area contributed by atoms with Crippen LogP contribution in [0.1, 0.15) is 42.3 Å². The van der Waals surface area contributed by atoms with Crippen molar-refractivity contribution in [2.45, 2.75) is 45.8 Å². The monoisotopic (exact) mass is 284 g/mol. The summed E-state index contributed by atoms with van der Waals surface area (Å²) in [5, 5.41) is 4.70. The lowest BCUT2D eigenvalue weighted by molar-refractivity contribution is -0.142. The molecule has 3 rings (SSSR count). The van der Waals surface area contributed by atoms with Gasteiger partial charge in [-0.15, -0.1) is 0 Å². The largest absolute Gasteiger partial charge is 0.459 e. The molecule has 110 valence electrons. The number of carbonyl (C=O) groups excluding carboxylic acids is 1. The van der Waals surface area contributed by atoms with Crippen molar-refractivity contribution in [3.8, 4) is 0 Å². The van der Waals surface area contributed by atoms with E-state index in [9.17, 15) is 4.79 Å². The lowest BCUT2D eigenvalue weighted by atomic mass is 9.96. The van der Waals surface area contributed by atoms with Gasteiger partial charge in [0.2, 0.25) is 0 Å². The Labute approximate surface area is 124 Å². The highest BCUT2D eigenvalue weighted by atomic mass is 16.5. The fourth-order valence-corrected chi connectivity index (χ4v) is 2.92. The van der Waals surface area contributed by atoms with Gasteiger partial charge in [-0.3, -0.25) is 9.48 Å². The average molecular weight is 284 g/mol. The van der Waals surface area contributed by atoms with Crippen molar-refractivity contribution in [3.63, 3.8) is 0 Å². The van der Waals surface area contributed by atoms with Crippen molar-refractivity contribution in [1.82, 2.24) is 9.78 Å². The Morgan fingerprint density at radius 2 is 2.00 bits per heavy atom. The van der Waals surface area contributed by atoms with E-state index in [1.807, 2.05) is 18.2 Å². The van der Waals surface area contributed by atoms with Gasteiger partial charge in [-0.25, -0.2) is 0 Å². The molecule has 4 nitrogen and oxygen atoms in total. The summed E-state index contributed by atoms with van der Waals surface area (Å²) < 4.78 is 7.23. The fourth-order valence-electron chi connectivity index (χ4n) is 2.92. The molecule has 4 heteroatoms.